The summed E-state index contributed by atoms with van der Waals surface area (Å²) in [4.78, 5) is 4.84. The lowest BCUT2D eigenvalue weighted by atomic mass is 9.95. The lowest BCUT2D eigenvalue weighted by Gasteiger charge is -2.20. The summed E-state index contributed by atoms with van der Waals surface area (Å²) in [6, 6.07) is 18.1. The van der Waals surface area contributed by atoms with Gasteiger partial charge in [0.25, 0.3) is 0 Å². The van der Waals surface area contributed by atoms with Crippen LogP contribution in [0.3, 0.4) is 0 Å². The molecular formula is C25H24F2N2O2. The highest BCUT2D eigenvalue weighted by Gasteiger charge is 2.31. The molecule has 4 nitrogen and oxygen atoms in total. The highest BCUT2D eigenvalue weighted by molar-refractivity contribution is 5.85. The van der Waals surface area contributed by atoms with Crippen LogP contribution < -0.4 is 14.8 Å². The number of halogens is 2. The zero-order valence-corrected chi connectivity index (χ0v) is 17.4. The average Bonchev–Trinajstić information content (AvgIpc) is 3.22. The molecule has 4 rings (SSSR count). The summed E-state index contributed by atoms with van der Waals surface area (Å²) in [6.45, 7) is 0. The fourth-order valence-corrected chi connectivity index (χ4v) is 3.90. The Labute approximate surface area is 180 Å². The van der Waals surface area contributed by atoms with Crippen LogP contribution >= 0.6 is 0 Å². The molecule has 1 aliphatic heterocycles. The average molecular weight is 422 g/mol. The Morgan fingerprint density at radius 2 is 1.48 bits per heavy atom. The molecule has 1 heterocycles. The van der Waals surface area contributed by atoms with Crippen molar-refractivity contribution >= 4 is 5.84 Å². The number of benzene rings is 3. The molecule has 0 aliphatic carbocycles. The Morgan fingerprint density at radius 3 is 2.16 bits per heavy atom. The molecule has 2 unspecified atom stereocenters. The molecular weight excluding hydrogens is 398 g/mol. The van der Waals surface area contributed by atoms with E-state index in [0.717, 1.165) is 28.9 Å². The Hall–Kier alpha value is -3.41. The molecule has 2 atom stereocenters. The van der Waals surface area contributed by atoms with Gasteiger partial charge in [-0.1, -0.05) is 30.3 Å². The number of hydrogen-bond donors (Lipinski definition) is 1. The lowest BCUT2D eigenvalue weighted by Crippen LogP contribution is -2.24. The summed E-state index contributed by atoms with van der Waals surface area (Å²) in [7, 11) is 3.21. The number of aliphatic imine (C=N–C) groups is 1. The van der Waals surface area contributed by atoms with Crippen LogP contribution in [0, 0.1) is 11.6 Å². The molecule has 0 radical (unpaired) electrons. The fourth-order valence-electron chi connectivity index (χ4n) is 3.90. The maximum absolute atomic E-state index is 13.9. The van der Waals surface area contributed by atoms with Crippen LogP contribution in [-0.2, 0) is 6.42 Å². The van der Waals surface area contributed by atoms with E-state index in [2.05, 4.69) is 5.32 Å². The Morgan fingerprint density at radius 1 is 0.806 bits per heavy atom. The summed E-state index contributed by atoms with van der Waals surface area (Å²) in [6.07, 6.45) is 1.39. The van der Waals surface area contributed by atoms with Crippen molar-refractivity contribution in [2.75, 3.05) is 14.2 Å². The van der Waals surface area contributed by atoms with E-state index in [9.17, 15) is 8.78 Å². The maximum atomic E-state index is 13.9. The van der Waals surface area contributed by atoms with Gasteiger partial charge in [0.05, 0.1) is 26.1 Å². The number of aryl methyl sites for hydroxylation is 1. The number of methoxy groups -OCH3 is 2. The minimum absolute atomic E-state index is 0.266. The Kier molecular flexibility index (Phi) is 6.16. The van der Waals surface area contributed by atoms with Gasteiger partial charge in [0, 0.05) is 6.42 Å². The maximum Gasteiger partial charge on any atom is 0.160 e. The van der Waals surface area contributed by atoms with Gasteiger partial charge in [-0.15, -0.1) is 0 Å². The van der Waals surface area contributed by atoms with Gasteiger partial charge < -0.3 is 14.8 Å². The third-order valence-electron chi connectivity index (χ3n) is 5.43. The second kappa shape index (κ2) is 9.16. The molecule has 1 N–H and O–H groups in total. The second-order valence-electron chi connectivity index (χ2n) is 7.44. The van der Waals surface area contributed by atoms with Crippen molar-refractivity contribution < 1.29 is 18.3 Å². The zero-order chi connectivity index (χ0) is 21.8. The number of nitrogens with one attached hydrogen (secondary N) is 1. The Bertz CT molecular complexity index is 1100. The van der Waals surface area contributed by atoms with Gasteiger partial charge in [0.1, 0.15) is 17.7 Å². The quantitative estimate of drug-likeness (QED) is 0.555. The van der Waals surface area contributed by atoms with Crippen molar-refractivity contribution in [3.63, 3.8) is 0 Å². The van der Waals surface area contributed by atoms with Gasteiger partial charge in [-0.05, 0) is 59.5 Å². The number of amidine groups is 1. The van der Waals surface area contributed by atoms with Gasteiger partial charge in [0.15, 0.2) is 11.5 Å². The van der Waals surface area contributed by atoms with Crippen LogP contribution in [0.4, 0.5) is 8.78 Å². The van der Waals surface area contributed by atoms with Crippen LogP contribution in [0.15, 0.2) is 71.7 Å². The standard InChI is InChI=1S/C25H24F2N2O2/c1-30-21-11-9-16(13-22(21)31-2)10-12-23-28-24(17-5-3-7-19(26)14-17)25(29-23)18-6-4-8-20(27)15-18/h3-9,11,13-15,24-25H,10,12H2,1-2H3,(H,28,29). The largest absolute Gasteiger partial charge is 0.493 e. The van der Waals surface area contributed by atoms with Crippen LogP contribution in [0.2, 0.25) is 0 Å². The predicted octanol–water partition coefficient (Wildman–Crippen LogP) is 5.40. The van der Waals surface area contributed by atoms with Crippen molar-refractivity contribution in [3.05, 3.63) is 95.1 Å². The van der Waals surface area contributed by atoms with E-state index < -0.39 is 0 Å². The van der Waals surface area contributed by atoms with Gasteiger partial charge in [0.2, 0.25) is 0 Å². The molecule has 0 fully saturated rings. The van der Waals surface area contributed by atoms with E-state index in [1.54, 1.807) is 26.4 Å². The monoisotopic (exact) mass is 422 g/mol. The number of hydrogen-bond acceptors (Lipinski definition) is 4. The van der Waals surface area contributed by atoms with Crippen LogP contribution in [0.1, 0.15) is 35.2 Å². The summed E-state index contributed by atoms with van der Waals surface area (Å²) < 4.78 is 38.4. The van der Waals surface area contributed by atoms with E-state index in [4.69, 9.17) is 14.5 Å². The van der Waals surface area contributed by atoms with Gasteiger partial charge >= 0.3 is 0 Å². The van der Waals surface area contributed by atoms with Crippen LogP contribution in [0.5, 0.6) is 11.5 Å². The van der Waals surface area contributed by atoms with Crippen LogP contribution in [-0.4, -0.2) is 20.1 Å². The topological polar surface area (TPSA) is 42.8 Å². The first-order chi connectivity index (χ1) is 15.1. The molecule has 0 saturated heterocycles. The number of rotatable bonds is 7. The molecule has 0 amide bonds. The summed E-state index contributed by atoms with van der Waals surface area (Å²) in [5, 5.41) is 3.43. The molecule has 1 aliphatic rings. The van der Waals surface area contributed by atoms with Crippen molar-refractivity contribution in [2.45, 2.75) is 24.9 Å². The molecule has 6 heteroatoms. The number of ether oxygens (including phenoxy) is 2. The van der Waals surface area contributed by atoms with Crippen molar-refractivity contribution in [2.24, 2.45) is 4.99 Å². The first kappa shape index (κ1) is 20.8. The van der Waals surface area contributed by atoms with Gasteiger partial charge in [-0.25, -0.2) is 8.78 Å². The van der Waals surface area contributed by atoms with E-state index >= 15 is 0 Å². The molecule has 31 heavy (non-hydrogen) atoms. The van der Waals surface area contributed by atoms with E-state index in [0.29, 0.717) is 17.9 Å². The third kappa shape index (κ3) is 4.68. The fraction of sp³-hybridized carbons (Fsp3) is 0.240. The van der Waals surface area contributed by atoms with Crippen molar-refractivity contribution in [3.8, 4) is 11.5 Å². The smallest absolute Gasteiger partial charge is 0.160 e. The second-order valence-corrected chi connectivity index (χ2v) is 7.44. The molecule has 0 bridgehead atoms. The first-order valence-electron chi connectivity index (χ1n) is 10.1. The highest BCUT2D eigenvalue weighted by Crippen LogP contribution is 2.37. The molecule has 0 aromatic heterocycles. The molecule has 160 valence electrons. The molecule has 0 saturated carbocycles. The SMILES string of the molecule is COc1ccc(CCC2=NC(c3cccc(F)c3)C(c3cccc(F)c3)N2)cc1OC. The third-order valence-corrected chi connectivity index (χ3v) is 5.43. The highest BCUT2D eigenvalue weighted by atomic mass is 19.1. The van der Waals surface area contributed by atoms with Gasteiger partial charge in [-0.3, -0.25) is 4.99 Å². The van der Waals surface area contributed by atoms with Crippen molar-refractivity contribution in [1.82, 2.24) is 5.32 Å². The minimum atomic E-state index is -0.335. The van der Waals surface area contributed by atoms with Crippen LogP contribution in [0.25, 0.3) is 0 Å². The first-order valence-corrected chi connectivity index (χ1v) is 10.1. The summed E-state index contributed by atoms with van der Waals surface area (Å²) >= 11 is 0. The zero-order valence-electron chi connectivity index (χ0n) is 17.4. The summed E-state index contributed by atoms with van der Waals surface area (Å²) in [5.41, 5.74) is 2.61. The van der Waals surface area contributed by atoms with E-state index in [1.807, 2.05) is 30.3 Å². The molecule has 0 spiro atoms. The van der Waals surface area contributed by atoms with Gasteiger partial charge in [-0.2, -0.15) is 0 Å². The Balaban J connectivity index is 1.57. The number of nitrogens with zero attached hydrogens (tertiary/aromatic N) is 1. The molecule has 3 aromatic rings. The van der Waals surface area contributed by atoms with Crippen molar-refractivity contribution in [1.29, 1.82) is 0 Å². The predicted molar refractivity (Wildman–Crippen MR) is 117 cm³/mol. The van der Waals surface area contributed by atoms with E-state index in [-0.39, 0.29) is 23.7 Å². The molecule has 3 aromatic carbocycles. The summed E-state index contributed by atoms with van der Waals surface area (Å²) in [5.74, 6) is 1.54. The van der Waals surface area contributed by atoms with E-state index in [1.165, 1.54) is 24.3 Å². The normalized spacial score (nSPS) is 17.7. The minimum Gasteiger partial charge on any atom is -0.493 e. The lowest BCUT2D eigenvalue weighted by molar-refractivity contribution is 0.354.